The molecule has 1 heterocycles. The van der Waals surface area contributed by atoms with Crippen LogP contribution in [0.1, 0.15) is 20.3 Å². The van der Waals surface area contributed by atoms with E-state index in [2.05, 4.69) is 0 Å². The van der Waals surface area contributed by atoms with Gasteiger partial charge in [-0.05, 0) is 30.0 Å². The van der Waals surface area contributed by atoms with E-state index in [1.54, 1.807) is 0 Å². The summed E-state index contributed by atoms with van der Waals surface area (Å²) in [6, 6.07) is -0.658. The van der Waals surface area contributed by atoms with Gasteiger partial charge in [0.1, 0.15) is 0 Å². The van der Waals surface area contributed by atoms with Crippen molar-refractivity contribution in [2.45, 2.75) is 26.3 Å². The van der Waals surface area contributed by atoms with Gasteiger partial charge in [0, 0.05) is 0 Å². The first kappa shape index (κ1) is 12.1. The Morgan fingerprint density at radius 3 is 2.71 bits per heavy atom. The molecule has 5 heteroatoms. The lowest BCUT2D eigenvalue weighted by Gasteiger charge is -2.30. The zero-order valence-electron chi connectivity index (χ0n) is 10.2. The summed E-state index contributed by atoms with van der Waals surface area (Å²) >= 11 is 0. The van der Waals surface area contributed by atoms with Crippen LogP contribution in [-0.2, 0) is 14.3 Å². The molecule has 0 aromatic carbocycles. The Morgan fingerprint density at radius 2 is 2.24 bits per heavy atom. The summed E-state index contributed by atoms with van der Waals surface area (Å²) in [5.41, 5.74) is -0.184. The number of hydroxylamine groups is 2. The normalized spacial score (nSPS) is 34.0. The van der Waals surface area contributed by atoms with Crippen molar-refractivity contribution in [2.24, 2.45) is 17.3 Å². The van der Waals surface area contributed by atoms with Crippen LogP contribution in [0.25, 0.3) is 0 Å². The Labute approximate surface area is 100.0 Å². The van der Waals surface area contributed by atoms with E-state index in [4.69, 9.17) is 4.74 Å². The fraction of sp³-hybridized carbons (Fsp3) is 0.667. The van der Waals surface area contributed by atoms with Gasteiger partial charge in [-0.25, -0.2) is 0 Å². The van der Waals surface area contributed by atoms with E-state index < -0.39 is 6.04 Å². The number of ether oxygens (including phenoxy) is 1. The van der Waals surface area contributed by atoms with Crippen LogP contribution in [0.15, 0.2) is 12.3 Å². The number of carbonyl (C=O) groups is 2. The van der Waals surface area contributed by atoms with E-state index in [1.807, 2.05) is 13.8 Å². The number of nitrogens with zero attached hydrogens (tertiary/aromatic N) is 1. The van der Waals surface area contributed by atoms with Crippen LogP contribution < -0.4 is 0 Å². The van der Waals surface area contributed by atoms with Crippen molar-refractivity contribution in [3.63, 3.8) is 0 Å². The predicted molar refractivity (Wildman–Crippen MR) is 60.5 cm³/mol. The van der Waals surface area contributed by atoms with Gasteiger partial charge in [0.2, 0.25) is 0 Å². The lowest BCUT2D eigenvalue weighted by molar-refractivity contribution is -0.143. The molecule has 3 unspecified atom stereocenters. The number of hydrogen-bond donors (Lipinski definition) is 0. The Bertz CT molecular complexity index is 388. The summed E-state index contributed by atoms with van der Waals surface area (Å²) in [5.74, 6) is -0.586. The van der Waals surface area contributed by atoms with Crippen LogP contribution in [0, 0.1) is 22.5 Å². The topological polar surface area (TPSA) is 69.7 Å². The maximum atomic E-state index is 11.5. The Kier molecular flexibility index (Phi) is 2.73. The summed E-state index contributed by atoms with van der Waals surface area (Å²) < 4.78 is 4.73. The van der Waals surface area contributed by atoms with Gasteiger partial charge in [-0.15, -0.1) is 0 Å². The quantitative estimate of drug-likeness (QED) is 0.688. The molecule has 1 aliphatic carbocycles. The smallest absolute Gasteiger partial charge is 0.309 e. The first-order chi connectivity index (χ1) is 7.89. The summed E-state index contributed by atoms with van der Waals surface area (Å²) in [6.45, 7) is 3.92. The van der Waals surface area contributed by atoms with Crippen LogP contribution in [0.5, 0.6) is 0 Å². The summed E-state index contributed by atoms with van der Waals surface area (Å²) in [5, 5.41) is 12.1. The van der Waals surface area contributed by atoms with Crippen molar-refractivity contribution < 1.29 is 14.3 Å². The third kappa shape index (κ3) is 1.84. The Morgan fingerprint density at radius 1 is 1.59 bits per heavy atom. The average Bonchev–Trinajstić information content (AvgIpc) is 2.67. The van der Waals surface area contributed by atoms with Gasteiger partial charge in [0.25, 0.3) is 0 Å². The maximum absolute atomic E-state index is 11.5. The van der Waals surface area contributed by atoms with Crippen LogP contribution in [0.4, 0.5) is 0 Å². The highest BCUT2D eigenvalue weighted by molar-refractivity contribution is 5.96. The van der Waals surface area contributed by atoms with Crippen molar-refractivity contribution in [2.75, 3.05) is 7.11 Å². The third-order valence-corrected chi connectivity index (χ3v) is 4.00. The van der Waals surface area contributed by atoms with Crippen LogP contribution in [0.2, 0.25) is 0 Å². The lowest BCUT2D eigenvalue weighted by atomic mass is 10.0. The molecule has 1 aliphatic heterocycles. The van der Waals surface area contributed by atoms with E-state index >= 15 is 0 Å². The zero-order chi connectivity index (χ0) is 12.8. The molecule has 0 radical (unpaired) electrons. The average molecular weight is 238 g/mol. The van der Waals surface area contributed by atoms with Gasteiger partial charge in [0.05, 0.1) is 19.1 Å². The fourth-order valence-corrected chi connectivity index (χ4v) is 2.73. The number of esters is 1. The van der Waals surface area contributed by atoms with Gasteiger partial charge < -0.3 is 15.0 Å². The van der Waals surface area contributed by atoms with Gasteiger partial charge in [-0.2, -0.15) is 0 Å². The molecule has 5 nitrogen and oxygen atoms in total. The van der Waals surface area contributed by atoms with Gasteiger partial charge in [-0.3, -0.25) is 9.59 Å². The zero-order valence-corrected chi connectivity index (χ0v) is 10.2. The highest BCUT2D eigenvalue weighted by Gasteiger charge is 2.62. The molecule has 0 spiro atoms. The molecule has 0 N–H and O–H groups in total. The molecule has 17 heavy (non-hydrogen) atoms. The summed E-state index contributed by atoms with van der Waals surface area (Å²) in [7, 11) is 1.36. The molecule has 2 rings (SSSR count). The first-order valence-corrected chi connectivity index (χ1v) is 5.65. The summed E-state index contributed by atoms with van der Waals surface area (Å²) in [4.78, 5) is 23.0. The molecular formula is C12H16NO4-. The molecule has 94 valence electrons. The van der Waals surface area contributed by atoms with Crippen LogP contribution in [-0.4, -0.2) is 30.0 Å². The molecule has 0 aromatic rings. The van der Waals surface area contributed by atoms with E-state index in [1.165, 1.54) is 19.4 Å². The minimum absolute atomic E-state index is 0.0419. The number of rotatable bonds is 3. The predicted octanol–water partition coefficient (Wildman–Crippen LogP) is 1.09. The van der Waals surface area contributed by atoms with E-state index in [9.17, 15) is 14.8 Å². The van der Waals surface area contributed by atoms with Gasteiger partial charge >= 0.3 is 5.97 Å². The van der Waals surface area contributed by atoms with Gasteiger partial charge in [0.15, 0.2) is 5.78 Å². The maximum Gasteiger partial charge on any atom is 0.309 e. The van der Waals surface area contributed by atoms with Crippen LogP contribution in [0.3, 0.4) is 0 Å². The number of ketones is 1. The highest BCUT2D eigenvalue weighted by Crippen LogP contribution is 2.61. The first-order valence-electron chi connectivity index (χ1n) is 5.65. The molecule has 1 saturated carbocycles. The second-order valence-corrected chi connectivity index (χ2v) is 5.26. The second kappa shape index (κ2) is 3.84. The summed E-state index contributed by atoms with van der Waals surface area (Å²) in [6.07, 6.45) is 2.96. The molecule has 0 amide bonds. The van der Waals surface area contributed by atoms with E-state index in [0.717, 1.165) is 0 Å². The van der Waals surface area contributed by atoms with Crippen molar-refractivity contribution in [3.8, 4) is 0 Å². The molecule has 3 atom stereocenters. The molecule has 2 aliphatic rings. The van der Waals surface area contributed by atoms with Crippen molar-refractivity contribution in [1.29, 1.82) is 0 Å². The monoisotopic (exact) mass is 238 g/mol. The second-order valence-electron chi connectivity index (χ2n) is 5.26. The van der Waals surface area contributed by atoms with Crippen molar-refractivity contribution >= 4 is 11.8 Å². The molecule has 0 saturated heterocycles. The molecule has 0 bridgehead atoms. The Hall–Kier alpha value is -1.36. The largest absolute Gasteiger partial charge is 0.758 e. The number of methoxy groups -OCH3 is 1. The standard InChI is InChI=1S/C12H16NO4/c1-12(2)7(10(12)11(15)17-3)6-8-9(14)4-5-13(8)16/h4-5,7-8,10H,6H2,1-3H3/q-1. The minimum atomic E-state index is -0.658. The van der Waals surface area contributed by atoms with E-state index in [0.29, 0.717) is 11.5 Å². The lowest BCUT2D eigenvalue weighted by Crippen LogP contribution is -2.29. The van der Waals surface area contributed by atoms with Crippen LogP contribution >= 0.6 is 0 Å². The molecular weight excluding hydrogens is 222 g/mol. The van der Waals surface area contributed by atoms with Crippen molar-refractivity contribution in [1.82, 2.24) is 5.06 Å². The van der Waals surface area contributed by atoms with Crippen molar-refractivity contribution in [3.05, 3.63) is 17.5 Å². The third-order valence-electron chi connectivity index (χ3n) is 4.00. The molecule has 0 aromatic heterocycles. The van der Waals surface area contributed by atoms with Gasteiger partial charge in [-0.1, -0.05) is 13.8 Å². The number of hydrogen-bond acceptors (Lipinski definition) is 5. The molecule has 1 fully saturated rings. The Balaban J connectivity index is 2.02. The number of carbonyl (C=O) groups excluding carboxylic acids is 2. The minimum Gasteiger partial charge on any atom is -0.758 e. The van der Waals surface area contributed by atoms with E-state index in [-0.39, 0.29) is 29.0 Å². The SMILES string of the molecule is COC(=O)C1C(CC2C(=O)C=CN2[O-])C1(C)C. The fourth-order valence-electron chi connectivity index (χ4n) is 2.73. The highest BCUT2D eigenvalue weighted by atomic mass is 16.5.